The van der Waals surface area contributed by atoms with Gasteiger partial charge in [-0.2, -0.15) is 8.42 Å². The minimum atomic E-state index is -3.62. The highest BCUT2D eigenvalue weighted by Gasteiger charge is 2.34. The Bertz CT molecular complexity index is 1020. The number of sulfonamides is 1. The van der Waals surface area contributed by atoms with E-state index >= 15 is 0 Å². The molecule has 1 N–H and O–H groups in total. The molecule has 6 nitrogen and oxygen atoms in total. The molecule has 0 unspecified atom stereocenters. The zero-order valence-corrected chi connectivity index (χ0v) is 17.1. The predicted octanol–water partition coefficient (Wildman–Crippen LogP) is 3.21. The maximum Gasteiger partial charge on any atom is 0.285 e. The zero-order chi connectivity index (χ0) is 19.7. The highest BCUT2D eigenvalue weighted by molar-refractivity contribution is 7.98. The minimum Gasteiger partial charge on any atom is -0.355 e. The van der Waals surface area contributed by atoms with Crippen LogP contribution in [0.5, 0.6) is 0 Å². The first kappa shape index (κ1) is 19.0. The van der Waals surface area contributed by atoms with Crippen LogP contribution in [0.4, 0.5) is 5.69 Å². The van der Waals surface area contributed by atoms with Gasteiger partial charge < -0.3 is 10.2 Å². The van der Waals surface area contributed by atoms with Crippen LogP contribution >= 0.6 is 11.8 Å². The molecule has 2 heterocycles. The number of hydrogen-bond donors (Lipinski definition) is 1. The number of anilines is 1. The molecular weight excluding hydrogens is 394 g/mol. The number of amidine groups is 1. The van der Waals surface area contributed by atoms with Gasteiger partial charge in [-0.3, -0.25) is 4.79 Å². The number of rotatable bonds is 3. The van der Waals surface area contributed by atoms with Crippen LogP contribution in [0.25, 0.3) is 0 Å². The van der Waals surface area contributed by atoms with E-state index in [4.69, 9.17) is 0 Å². The lowest BCUT2D eigenvalue weighted by Gasteiger charge is -2.32. The third kappa shape index (κ3) is 3.66. The van der Waals surface area contributed by atoms with Crippen LogP contribution in [-0.4, -0.2) is 44.4 Å². The molecule has 0 aromatic heterocycles. The Morgan fingerprint density at radius 3 is 2.46 bits per heavy atom. The lowest BCUT2D eigenvalue weighted by Crippen LogP contribution is -2.41. The Morgan fingerprint density at radius 2 is 1.79 bits per heavy atom. The highest BCUT2D eigenvalue weighted by atomic mass is 32.2. The summed E-state index contributed by atoms with van der Waals surface area (Å²) in [6.07, 6.45) is 3.34. The maximum atomic E-state index is 12.6. The molecule has 0 atom stereocenters. The number of benzene rings is 2. The molecule has 28 heavy (non-hydrogen) atoms. The summed E-state index contributed by atoms with van der Waals surface area (Å²) in [7, 11) is -3.62. The van der Waals surface area contributed by atoms with Gasteiger partial charge in [0.1, 0.15) is 4.90 Å². The molecule has 0 radical (unpaired) electrons. The largest absolute Gasteiger partial charge is 0.355 e. The summed E-state index contributed by atoms with van der Waals surface area (Å²) in [4.78, 5) is 16.0. The van der Waals surface area contributed by atoms with Crippen molar-refractivity contribution >= 4 is 39.2 Å². The Kier molecular flexibility index (Phi) is 5.16. The van der Waals surface area contributed by atoms with E-state index in [1.54, 1.807) is 30.0 Å². The fourth-order valence-corrected chi connectivity index (χ4v) is 5.22. The standard InChI is InChI=1S/C20H21N3O3S2/c1-27-16-8-6-15(7-9-16)21-20(24)14-10-12-23(13-11-14)19-17-4-2-3-5-18(17)28(25,26)22-19/h2-9,14H,10-13H2,1H3,(H,21,24). The van der Waals surface area contributed by atoms with Crippen LogP contribution in [-0.2, 0) is 14.8 Å². The van der Waals surface area contributed by atoms with E-state index in [-0.39, 0.29) is 16.7 Å². The molecule has 146 valence electrons. The van der Waals surface area contributed by atoms with Gasteiger partial charge in [0.2, 0.25) is 5.91 Å². The predicted molar refractivity (Wildman–Crippen MR) is 111 cm³/mol. The molecular formula is C20H21N3O3S2. The molecule has 2 aliphatic rings. The average molecular weight is 416 g/mol. The van der Waals surface area contributed by atoms with Gasteiger partial charge in [-0.05, 0) is 55.5 Å². The van der Waals surface area contributed by atoms with Gasteiger partial charge in [0, 0.05) is 35.2 Å². The highest BCUT2D eigenvalue weighted by Crippen LogP contribution is 2.30. The second kappa shape index (κ2) is 7.60. The van der Waals surface area contributed by atoms with Crippen molar-refractivity contribution in [2.75, 3.05) is 24.7 Å². The van der Waals surface area contributed by atoms with Crippen molar-refractivity contribution < 1.29 is 13.2 Å². The number of carbonyl (C=O) groups excluding carboxylic acids is 1. The van der Waals surface area contributed by atoms with Crippen LogP contribution in [0.2, 0.25) is 0 Å². The van der Waals surface area contributed by atoms with Gasteiger partial charge in [-0.15, -0.1) is 16.2 Å². The number of nitrogens with zero attached hydrogens (tertiary/aromatic N) is 2. The Morgan fingerprint density at radius 1 is 1.11 bits per heavy atom. The molecule has 2 aliphatic heterocycles. The third-order valence-electron chi connectivity index (χ3n) is 5.14. The summed E-state index contributed by atoms with van der Waals surface area (Å²) in [6, 6.07) is 14.7. The SMILES string of the molecule is CSc1ccc(NC(=O)C2CCN(C3=NS(=O)(=O)c4ccccc43)CC2)cc1. The normalized spacial score (nSPS) is 18.5. The number of fused-ring (bicyclic) bond motifs is 1. The van der Waals surface area contributed by atoms with E-state index in [2.05, 4.69) is 9.71 Å². The van der Waals surface area contributed by atoms with E-state index in [0.29, 0.717) is 37.3 Å². The quantitative estimate of drug-likeness (QED) is 0.779. The van der Waals surface area contributed by atoms with Crippen LogP contribution in [0, 0.1) is 5.92 Å². The summed E-state index contributed by atoms with van der Waals surface area (Å²) in [5, 5.41) is 2.98. The smallest absolute Gasteiger partial charge is 0.285 e. The van der Waals surface area contributed by atoms with Crippen molar-refractivity contribution in [3.05, 3.63) is 54.1 Å². The van der Waals surface area contributed by atoms with Crippen molar-refractivity contribution in [3.63, 3.8) is 0 Å². The summed E-state index contributed by atoms with van der Waals surface area (Å²) in [5.74, 6) is 0.422. The van der Waals surface area contributed by atoms with Crippen molar-refractivity contribution in [1.29, 1.82) is 0 Å². The molecule has 1 amide bonds. The summed E-state index contributed by atoms with van der Waals surface area (Å²) < 4.78 is 28.5. The van der Waals surface area contributed by atoms with E-state index in [0.717, 1.165) is 10.6 Å². The fourth-order valence-electron chi connectivity index (χ4n) is 3.59. The molecule has 4 rings (SSSR count). The second-order valence-corrected chi connectivity index (χ2v) is 9.32. The van der Waals surface area contributed by atoms with Crippen LogP contribution < -0.4 is 5.32 Å². The second-order valence-electron chi connectivity index (χ2n) is 6.87. The van der Waals surface area contributed by atoms with Gasteiger partial charge in [-0.25, -0.2) is 0 Å². The molecule has 2 aromatic rings. The molecule has 0 bridgehead atoms. The lowest BCUT2D eigenvalue weighted by atomic mass is 9.95. The number of hydrogen-bond acceptors (Lipinski definition) is 5. The Labute approximate surface area is 169 Å². The summed E-state index contributed by atoms with van der Waals surface area (Å²) in [6.45, 7) is 1.21. The molecule has 2 aromatic carbocycles. The monoisotopic (exact) mass is 415 g/mol. The maximum absolute atomic E-state index is 12.6. The van der Waals surface area contributed by atoms with Crippen LogP contribution in [0.15, 0.2) is 62.7 Å². The number of likely N-dealkylation sites (tertiary alicyclic amines) is 1. The summed E-state index contributed by atoms with van der Waals surface area (Å²) in [5.41, 5.74) is 1.45. The minimum absolute atomic E-state index is 0.0120. The number of amides is 1. The van der Waals surface area contributed by atoms with E-state index in [1.165, 1.54) is 0 Å². The number of nitrogens with one attached hydrogen (secondary N) is 1. The van der Waals surface area contributed by atoms with E-state index in [9.17, 15) is 13.2 Å². The van der Waals surface area contributed by atoms with Gasteiger partial charge in [0.15, 0.2) is 5.84 Å². The number of carbonyl (C=O) groups is 1. The third-order valence-corrected chi connectivity index (χ3v) is 7.20. The Hall–Kier alpha value is -2.32. The first-order valence-corrected chi connectivity index (χ1v) is 11.8. The van der Waals surface area contributed by atoms with Gasteiger partial charge >= 0.3 is 0 Å². The van der Waals surface area contributed by atoms with Crippen LogP contribution in [0.1, 0.15) is 18.4 Å². The fraction of sp³-hybridized carbons (Fsp3) is 0.300. The lowest BCUT2D eigenvalue weighted by molar-refractivity contribution is -0.120. The van der Waals surface area contributed by atoms with Crippen LogP contribution in [0.3, 0.4) is 0 Å². The van der Waals surface area contributed by atoms with Gasteiger partial charge in [0.05, 0.1) is 0 Å². The molecule has 0 saturated carbocycles. The van der Waals surface area contributed by atoms with Gasteiger partial charge in [0.25, 0.3) is 10.0 Å². The number of thioether (sulfide) groups is 1. The molecule has 1 fully saturated rings. The van der Waals surface area contributed by atoms with E-state index in [1.807, 2.05) is 41.5 Å². The van der Waals surface area contributed by atoms with Gasteiger partial charge in [-0.1, -0.05) is 12.1 Å². The summed E-state index contributed by atoms with van der Waals surface area (Å²) >= 11 is 1.66. The Balaban J connectivity index is 1.40. The average Bonchev–Trinajstić information content (AvgIpc) is 3.00. The molecule has 8 heteroatoms. The molecule has 1 saturated heterocycles. The van der Waals surface area contributed by atoms with Crippen molar-refractivity contribution in [2.24, 2.45) is 10.3 Å². The topological polar surface area (TPSA) is 78.8 Å². The first-order chi connectivity index (χ1) is 13.5. The van der Waals surface area contributed by atoms with E-state index < -0.39 is 10.0 Å². The molecule has 0 aliphatic carbocycles. The number of piperidine rings is 1. The first-order valence-electron chi connectivity index (χ1n) is 9.12. The van der Waals surface area contributed by atoms with Crippen molar-refractivity contribution in [2.45, 2.75) is 22.6 Å². The van der Waals surface area contributed by atoms with Crippen molar-refractivity contribution in [1.82, 2.24) is 4.90 Å². The molecule has 0 spiro atoms. The van der Waals surface area contributed by atoms with Crippen molar-refractivity contribution in [3.8, 4) is 0 Å². The zero-order valence-electron chi connectivity index (χ0n) is 15.5.